The van der Waals surface area contributed by atoms with E-state index in [9.17, 15) is 0 Å². The summed E-state index contributed by atoms with van der Waals surface area (Å²) in [6, 6.07) is 0. The molecule has 0 atom stereocenters. The summed E-state index contributed by atoms with van der Waals surface area (Å²) in [5, 5.41) is 2.96. The van der Waals surface area contributed by atoms with Gasteiger partial charge in [-0.05, 0) is 0 Å². The van der Waals surface area contributed by atoms with Gasteiger partial charge in [-0.1, -0.05) is 0 Å². The third kappa shape index (κ3) is 14.0. The van der Waals surface area contributed by atoms with E-state index in [1.807, 2.05) is 0 Å². The standard InChI is InChI=1S/C9H22Br2Ge2/c1-12(2,10)8-6-5-7-9-13(3,4)11/h5-9H2,1-4H3. The molecule has 0 heterocycles. The Morgan fingerprint density at radius 3 is 1.23 bits per heavy atom. The van der Waals surface area contributed by atoms with Crippen LogP contribution in [0.15, 0.2) is 0 Å². The first-order chi connectivity index (χ1) is 5.71. The van der Waals surface area contributed by atoms with Crippen LogP contribution in [0.1, 0.15) is 19.3 Å². The number of hydrogen-bond donors (Lipinski definition) is 0. The maximum atomic E-state index is 3.86. The van der Waals surface area contributed by atoms with Gasteiger partial charge in [-0.15, -0.1) is 0 Å². The molecule has 0 radical (unpaired) electrons. The van der Waals surface area contributed by atoms with Crippen LogP contribution in [0.3, 0.4) is 0 Å². The van der Waals surface area contributed by atoms with E-state index in [1.165, 1.54) is 29.8 Å². The summed E-state index contributed by atoms with van der Waals surface area (Å²) in [7, 11) is 0. The van der Waals surface area contributed by atoms with Crippen LogP contribution in [0.2, 0.25) is 33.5 Å². The molecule has 0 aliphatic heterocycles. The fourth-order valence-electron chi connectivity index (χ4n) is 1.27. The quantitative estimate of drug-likeness (QED) is 0.390. The Balaban J connectivity index is 3.28. The van der Waals surface area contributed by atoms with E-state index in [0.29, 0.717) is 0 Å². The van der Waals surface area contributed by atoms with Gasteiger partial charge in [0, 0.05) is 0 Å². The molecule has 0 saturated heterocycles. The zero-order valence-corrected chi connectivity index (χ0v) is 16.7. The maximum absolute atomic E-state index is 3.86. The molecule has 0 aromatic rings. The molecule has 0 N–H and O–H groups in total. The molecule has 0 aliphatic rings. The Labute approximate surface area is 103 Å². The number of unbranched alkanes of at least 4 members (excludes halogenated alkanes) is 2. The molecule has 0 saturated carbocycles. The predicted molar refractivity (Wildman–Crippen MR) is 76.3 cm³/mol. The van der Waals surface area contributed by atoms with Gasteiger partial charge in [0.25, 0.3) is 0 Å². The van der Waals surface area contributed by atoms with Crippen LogP contribution >= 0.6 is 28.0 Å². The van der Waals surface area contributed by atoms with Crippen LogP contribution in [0.25, 0.3) is 0 Å². The van der Waals surface area contributed by atoms with Gasteiger partial charge in [-0.3, -0.25) is 0 Å². The van der Waals surface area contributed by atoms with Crippen molar-refractivity contribution in [1.29, 1.82) is 0 Å². The molecular weight excluding hydrogens is 413 g/mol. The molecule has 0 bridgehead atoms. The van der Waals surface area contributed by atoms with Crippen molar-refractivity contribution >= 4 is 50.9 Å². The van der Waals surface area contributed by atoms with E-state index in [4.69, 9.17) is 0 Å². The second kappa shape index (κ2) is 6.59. The van der Waals surface area contributed by atoms with Gasteiger partial charge < -0.3 is 0 Å². The Morgan fingerprint density at radius 1 is 0.692 bits per heavy atom. The van der Waals surface area contributed by atoms with E-state index in [-0.39, 0.29) is 0 Å². The molecule has 0 rings (SSSR count). The molecule has 4 heteroatoms. The fourth-order valence-corrected chi connectivity index (χ4v) is 8.76. The summed E-state index contributed by atoms with van der Waals surface area (Å²) < 4.78 is 0. The van der Waals surface area contributed by atoms with Gasteiger partial charge >= 0.3 is 104 Å². The van der Waals surface area contributed by atoms with E-state index in [0.717, 1.165) is 0 Å². The van der Waals surface area contributed by atoms with Crippen molar-refractivity contribution in [2.45, 2.75) is 52.8 Å². The first kappa shape index (κ1) is 15.0. The zero-order chi connectivity index (χ0) is 10.5. The molecule has 0 spiro atoms. The fraction of sp³-hybridized carbons (Fsp3) is 1.00. The van der Waals surface area contributed by atoms with Crippen LogP contribution in [-0.4, -0.2) is 22.8 Å². The van der Waals surface area contributed by atoms with Crippen LogP contribution < -0.4 is 0 Å². The predicted octanol–water partition coefficient (Wildman–Crippen LogP) is 5.36. The Hall–Kier alpha value is 2.05. The molecule has 13 heavy (non-hydrogen) atoms. The summed E-state index contributed by atoms with van der Waals surface area (Å²) in [6.45, 7) is 0. The van der Waals surface area contributed by atoms with E-state index >= 15 is 0 Å². The van der Waals surface area contributed by atoms with Gasteiger partial charge in [0.05, 0.1) is 0 Å². The third-order valence-electron chi connectivity index (χ3n) is 2.04. The monoisotopic (exact) mass is 436 g/mol. The van der Waals surface area contributed by atoms with Crippen molar-refractivity contribution < 1.29 is 0 Å². The van der Waals surface area contributed by atoms with Gasteiger partial charge in [0.1, 0.15) is 0 Å². The third-order valence-corrected chi connectivity index (χ3v) is 12.6. The van der Waals surface area contributed by atoms with Crippen LogP contribution in [-0.2, 0) is 0 Å². The van der Waals surface area contributed by atoms with Gasteiger partial charge in [0.2, 0.25) is 0 Å². The number of hydrogen-bond acceptors (Lipinski definition) is 0. The molecule has 0 fully saturated rings. The molecule has 0 amide bonds. The molecule has 0 aromatic carbocycles. The van der Waals surface area contributed by atoms with Gasteiger partial charge in [-0.25, -0.2) is 0 Å². The van der Waals surface area contributed by atoms with Crippen molar-refractivity contribution in [1.82, 2.24) is 0 Å². The van der Waals surface area contributed by atoms with E-state index in [1.54, 1.807) is 0 Å². The number of halogens is 2. The SMILES string of the molecule is [CH3][Ge]([CH3])([Br])[CH2]CCC[CH2][Ge]([CH3])([CH3])[Br]. The Kier molecular flexibility index (Phi) is 7.63. The Bertz CT molecular complexity index is 120. The molecule has 80 valence electrons. The molecule has 0 unspecified atom stereocenters. The zero-order valence-electron chi connectivity index (χ0n) is 9.29. The normalized spacial score (nSPS) is 13.4. The van der Waals surface area contributed by atoms with Crippen LogP contribution in [0.5, 0.6) is 0 Å². The summed E-state index contributed by atoms with van der Waals surface area (Å²) in [5.74, 6) is 9.75. The molecule has 0 aromatic heterocycles. The minimum absolute atomic E-state index is 1.39. The summed E-state index contributed by atoms with van der Waals surface area (Å²) >= 11 is 4.95. The van der Waals surface area contributed by atoms with Crippen molar-refractivity contribution in [3.63, 3.8) is 0 Å². The van der Waals surface area contributed by atoms with Crippen LogP contribution in [0, 0.1) is 0 Å². The van der Waals surface area contributed by atoms with Crippen molar-refractivity contribution in [3.05, 3.63) is 0 Å². The van der Waals surface area contributed by atoms with Crippen LogP contribution in [0.4, 0.5) is 0 Å². The number of rotatable bonds is 6. The molecule has 0 aliphatic carbocycles. The van der Waals surface area contributed by atoms with E-state index in [2.05, 4.69) is 51.0 Å². The topological polar surface area (TPSA) is 0 Å². The van der Waals surface area contributed by atoms with E-state index < -0.39 is 22.8 Å². The average Bonchev–Trinajstić information content (AvgIpc) is 1.81. The summed E-state index contributed by atoms with van der Waals surface area (Å²) in [5.41, 5.74) is 0. The first-order valence-corrected chi connectivity index (χ1v) is 26.3. The Morgan fingerprint density at radius 2 is 1.00 bits per heavy atom. The second-order valence-corrected chi connectivity index (χ2v) is 43.8. The molecular formula is C9H22Br2Ge2. The molecule has 0 nitrogen and oxygen atoms in total. The van der Waals surface area contributed by atoms with Gasteiger partial charge in [0.15, 0.2) is 0 Å². The van der Waals surface area contributed by atoms with Crippen molar-refractivity contribution in [3.8, 4) is 0 Å². The minimum atomic E-state index is -1.39. The first-order valence-electron chi connectivity index (χ1n) is 5.09. The summed E-state index contributed by atoms with van der Waals surface area (Å²) in [4.78, 5) is 0. The van der Waals surface area contributed by atoms with Gasteiger partial charge in [-0.2, -0.15) is 0 Å². The van der Waals surface area contributed by atoms with Crippen molar-refractivity contribution in [2.75, 3.05) is 0 Å². The summed E-state index contributed by atoms with van der Waals surface area (Å²) in [6.07, 6.45) is 4.34. The average molecular weight is 435 g/mol. The van der Waals surface area contributed by atoms with Crippen molar-refractivity contribution in [2.24, 2.45) is 0 Å². The second-order valence-electron chi connectivity index (χ2n) is 5.00.